The number of carbonyl (C=O) groups excluding carboxylic acids is 1. The number of hydrogen-bond acceptors (Lipinski definition) is 5. The van der Waals surface area contributed by atoms with Crippen molar-refractivity contribution in [1.82, 2.24) is 4.90 Å². The Kier molecular flexibility index (Phi) is 5.69. The lowest BCUT2D eigenvalue weighted by Crippen LogP contribution is -2.34. The van der Waals surface area contributed by atoms with E-state index in [4.69, 9.17) is 9.47 Å². The van der Waals surface area contributed by atoms with Gasteiger partial charge in [-0.3, -0.25) is 9.69 Å². The molecule has 1 N–H and O–H groups in total. The predicted molar refractivity (Wildman–Crippen MR) is 111 cm³/mol. The number of nitrogens with zero attached hydrogens (tertiary/aromatic N) is 1. The molecule has 0 aromatic heterocycles. The molecule has 2 atom stereocenters. The van der Waals surface area contributed by atoms with E-state index in [9.17, 15) is 9.90 Å². The molecule has 0 fully saturated rings. The molecule has 29 heavy (non-hydrogen) atoms. The lowest BCUT2D eigenvalue weighted by Gasteiger charge is -2.29. The van der Waals surface area contributed by atoms with Crippen molar-refractivity contribution in [2.75, 3.05) is 27.3 Å². The molecule has 2 aliphatic rings. The fourth-order valence-electron chi connectivity index (χ4n) is 4.34. The molecule has 0 saturated carbocycles. The number of rotatable bonds is 6. The van der Waals surface area contributed by atoms with Crippen molar-refractivity contribution >= 4 is 5.78 Å². The third kappa shape index (κ3) is 3.93. The quantitative estimate of drug-likeness (QED) is 0.764. The standard InChI is InChI=1S/C24H27NO4/c1-28-21-13-18-12-20(24(27)19(18)14-22(21)29-2)23(26)17-8-10-25(11-9-17)15-16-6-4-3-5-7-16/h3-8,13-14,20,23,26H,9-12,15H2,1-2H3/t20-,23+/m0/s1. The molecule has 1 heterocycles. The van der Waals surface area contributed by atoms with Crippen LogP contribution >= 0.6 is 0 Å². The molecule has 2 aromatic rings. The topological polar surface area (TPSA) is 59.0 Å². The number of aliphatic hydroxyl groups excluding tert-OH is 1. The summed E-state index contributed by atoms with van der Waals surface area (Å²) in [4.78, 5) is 15.3. The molecule has 0 radical (unpaired) electrons. The summed E-state index contributed by atoms with van der Waals surface area (Å²) in [6.45, 7) is 2.57. The first-order chi connectivity index (χ1) is 14.1. The largest absolute Gasteiger partial charge is 0.493 e. The van der Waals surface area contributed by atoms with Gasteiger partial charge in [-0.05, 0) is 41.7 Å². The van der Waals surface area contributed by atoms with Crippen LogP contribution in [0.15, 0.2) is 54.1 Å². The highest BCUT2D eigenvalue weighted by Crippen LogP contribution is 2.39. The van der Waals surface area contributed by atoms with Gasteiger partial charge in [-0.2, -0.15) is 0 Å². The fraction of sp³-hybridized carbons (Fsp3) is 0.375. The average molecular weight is 393 g/mol. The van der Waals surface area contributed by atoms with E-state index in [0.717, 1.165) is 37.2 Å². The van der Waals surface area contributed by atoms with Crippen LogP contribution < -0.4 is 9.47 Å². The van der Waals surface area contributed by atoms with E-state index in [-0.39, 0.29) is 5.78 Å². The van der Waals surface area contributed by atoms with Gasteiger partial charge in [-0.15, -0.1) is 0 Å². The van der Waals surface area contributed by atoms with Crippen molar-refractivity contribution in [3.63, 3.8) is 0 Å². The number of benzene rings is 2. The Balaban J connectivity index is 1.45. The minimum atomic E-state index is -0.745. The summed E-state index contributed by atoms with van der Waals surface area (Å²) >= 11 is 0. The fourth-order valence-corrected chi connectivity index (χ4v) is 4.34. The minimum absolute atomic E-state index is 0.0129. The Labute approximate surface area is 171 Å². The van der Waals surface area contributed by atoms with Gasteiger partial charge in [0, 0.05) is 25.2 Å². The van der Waals surface area contributed by atoms with Crippen LogP contribution in [0.25, 0.3) is 0 Å². The van der Waals surface area contributed by atoms with Gasteiger partial charge in [0.15, 0.2) is 17.3 Å². The summed E-state index contributed by atoms with van der Waals surface area (Å²) in [5, 5.41) is 11.0. The molecule has 0 unspecified atom stereocenters. The minimum Gasteiger partial charge on any atom is -0.493 e. The van der Waals surface area contributed by atoms with Crippen molar-refractivity contribution < 1.29 is 19.4 Å². The van der Waals surface area contributed by atoms with Crippen molar-refractivity contribution in [3.8, 4) is 11.5 Å². The molecule has 0 saturated heterocycles. The van der Waals surface area contributed by atoms with Crippen LogP contribution in [0.2, 0.25) is 0 Å². The third-order valence-electron chi connectivity index (χ3n) is 5.99. The van der Waals surface area contributed by atoms with Crippen molar-refractivity contribution in [2.24, 2.45) is 5.92 Å². The monoisotopic (exact) mass is 393 g/mol. The third-order valence-corrected chi connectivity index (χ3v) is 5.99. The van der Waals surface area contributed by atoms with Crippen LogP contribution in [0.1, 0.15) is 27.9 Å². The van der Waals surface area contributed by atoms with E-state index in [2.05, 4.69) is 35.2 Å². The van der Waals surface area contributed by atoms with Crippen LogP contribution in [0.4, 0.5) is 0 Å². The predicted octanol–water partition coefficient (Wildman–Crippen LogP) is 3.25. The molecule has 5 heteroatoms. The van der Waals surface area contributed by atoms with Gasteiger partial charge in [0.25, 0.3) is 0 Å². The first kappa shape index (κ1) is 19.7. The Morgan fingerprint density at radius 1 is 1.14 bits per heavy atom. The summed E-state index contributed by atoms with van der Waals surface area (Å²) < 4.78 is 10.7. The Hall–Kier alpha value is -2.63. The molecule has 0 bridgehead atoms. The number of ketones is 1. The second-order valence-corrected chi connectivity index (χ2v) is 7.73. The SMILES string of the molecule is COc1cc2c(cc1OC)C(=O)[C@H]([C@H](O)C1=CCN(Cc3ccccc3)CC1)C2. The Morgan fingerprint density at radius 3 is 2.52 bits per heavy atom. The normalized spacial score (nSPS) is 20.2. The van der Waals surface area contributed by atoms with Gasteiger partial charge in [0.1, 0.15) is 0 Å². The van der Waals surface area contributed by atoms with Crippen LogP contribution in [0.3, 0.4) is 0 Å². The maximum atomic E-state index is 13.0. The molecule has 0 amide bonds. The summed E-state index contributed by atoms with van der Waals surface area (Å²) in [6.07, 6.45) is 2.65. The van der Waals surface area contributed by atoms with E-state index in [1.165, 1.54) is 5.56 Å². The van der Waals surface area contributed by atoms with Gasteiger partial charge >= 0.3 is 0 Å². The zero-order valence-electron chi connectivity index (χ0n) is 16.9. The number of ether oxygens (including phenoxy) is 2. The molecule has 1 aliphatic heterocycles. The lowest BCUT2D eigenvalue weighted by atomic mass is 9.89. The van der Waals surface area contributed by atoms with Crippen molar-refractivity contribution in [1.29, 1.82) is 0 Å². The smallest absolute Gasteiger partial charge is 0.169 e. The highest BCUT2D eigenvalue weighted by atomic mass is 16.5. The van der Waals surface area contributed by atoms with Crippen LogP contribution in [0.5, 0.6) is 11.5 Å². The van der Waals surface area contributed by atoms with Gasteiger partial charge < -0.3 is 14.6 Å². The van der Waals surface area contributed by atoms with E-state index < -0.39 is 12.0 Å². The molecule has 4 rings (SSSR count). The Morgan fingerprint density at radius 2 is 1.86 bits per heavy atom. The summed E-state index contributed by atoms with van der Waals surface area (Å²) in [7, 11) is 3.14. The van der Waals surface area contributed by atoms with Crippen LogP contribution in [-0.4, -0.2) is 49.2 Å². The second-order valence-electron chi connectivity index (χ2n) is 7.73. The highest BCUT2D eigenvalue weighted by Gasteiger charge is 2.38. The molecule has 2 aromatic carbocycles. The summed E-state index contributed by atoms with van der Waals surface area (Å²) in [6, 6.07) is 14.0. The molecule has 152 valence electrons. The summed E-state index contributed by atoms with van der Waals surface area (Å²) in [5.74, 6) is 0.709. The van der Waals surface area contributed by atoms with E-state index in [1.807, 2.05) is 12.1 Å². The van der Waals surface area contributed by atoms with Crippen LogP contribution in [0, 0.1) is 5.92 Å². The van der Waals surface area contributed by atoms with E-state index in [1.54, 1.807) is 20.3 Å². The molecular weight excluding hydrogens is 366 g/mol. The zero-order chi connectivity index (χ0) is 20.4. The van der Waals surface area contributed by atoms with E-state index in [0.29, 0.717) is 23.5 Å². The maximum absolute atomic E-state index is 13.0. The van der Waals surface area contributed by atoms with Gasteiger partial charge in [0.2, 0.25) is 0 Å². The Bertz CT molecular complexity index is 922. The number of fused-ring (bicyclic) bond motifs is 1. The zero-order valence-corrected chi connectivity index (χ0v) is 16.9. The molecule has 5 nitrogen and oxygen atoms in total. The first-order valence-electron chi connectivity index (χ1n) is 10.0. The first-order valence-corrected chi connectivity index (χ1v) is 10.0. The van der Waals surface area contributed by atoms with Gasteiger partial charge in [-0.1, -0.05) is 36.4 Å². The van der Waals surface area contributed by atoms with Gasteiger partial charge in [-0.25, -0.2) is 0 Å². The van der Waals surface area contributed by atoms with Crippen molar-refractivity contribution in [2.45, 2.75) is 25.5 Å². The average Bonchev–Trinajstić information content (AvgIpc) is 3.09. The van der Waals surface area contributed by atoms with E-state index >= 15 is 0 Å². The van der Waals surface area contributed by atoms with Gasteiger partial charge in [0.05, 0.1) is 26.2 Å². The second kappa shape index (κ2) is 8.39. The number of methoxy groups -OCH3 is 2. The molecule has 0 spiro atoms. The number of hydrogen-bond donors (Lipinski definition) is 1. The van der Waals surface area contributed by atoms with Crippen LogP contribution in [-0.2, 0) is 13.0 Å². The number of Topliss-reactive ketones (excluding diaryl/α,β-unsaturated/α-hetero) is 1. The summed E-state index contributed by atoms with van der Waals surface area (Å²) in [5.41, 5.74) is 3.81. The number of aliphatic hydroxyl groups is 1. The maximum Gasteiger partial charge on any atom is 0.169 e. The number of carbonyl (C=O) groups is 1. The van der Waals surface area contributed by atoms with Crippen molar-refractivity contribution in [3.05, 3.63) is 70.8 Å². The lowest BCUT2D eigenvalue weighted by molar-refractivity contribution is 0.0773. The molecular formula is C24H27NO4. The highest BCUT2D eigenvalue weighted by molar-refractivity contribution is 6.03. The molecule has 1 aliphatic carbocycles.